The van der Waals surface area contributed by atoms with Gasteiger partial charge in [-0.05, 0) is 42.5 Å². The van der Waals surface area contributed by atoms with Crippen LogP contribution in [0.2, 0.25) is 0 Å². The monoisotopic (exact) mass is 440 g/mol. The number of rotatable bonds is 4. The summed E-state index contributed by atoms with van der Waals surface area (Å²) >= 11 is 5.09. The van der Waals surface area contributed by atoms with Gasteiger partial charge in [0.15, 0.2) is 0 Å². The fraction of sp³-hybridized carbons (Fsp3) is 0.100. The lowest BCUT2D eigenvalue weighted by Gasteiger charge is -2.05. The number of aromatic nitrogens is 2. The van der Waals surface area contributed by atoms with Crippen LogP contribution >= 0.6 is 27.3 Å². The molecule has 0 aliphatic carbocycles. The van der Waals surface area contributed by atoms with Gasteiger partial charge in [-0.1, -0.05) is 15.9 Å². The van der Waals surface area contributed by atoms with E-state index in [2.05, 4.69) is 37.4 Å². The predicted molar refractivity (Wildman–Crippen MR) is 115 cm³/mol. The van der Waals surface area contributed by atoms with Crippen molar-refractivity contribution in [3.63, 3.8) is 0 Å². The SMILES string of the molecule is CN=c1scc(-c2ccc(OC)cc2)n1N=Cc1c[nH]c2ccc(Br)cc12. The number of aromatic amines is 1. The summed E-state index contributed by atoms with van der Waals surface area (Å²) < 4.78 is 8.15. The van der Waals surface area contributed by atoms with Gasteiger partial charge in [0.05, 0.1) is 19.0 Å². The number of methoxy groups -OCH3 is 1. The lowest BCUT2D eigenvalue weighted by Crippen LogP contribution is -2.11. The Labute approximate surface area is 168 Å². The molecule has 0 atom stereocenters. The first-order valence-electron chi connectivity index (χ1n) is 8.28. The van der Waals surface area contributed by atoms with E-state index in [4.69, 9.17) is 9.84 Å². The van der Waals surface area contributed by atoms with E-state index in [0.717, 1.165) is 42.7 Å². The third-order valence-corrected chi connectivity index (χ3v) is 5.65. The number of halogens is 1. The molecule has 2 aromatic heterocycles. The molecule has 7 heteroatoms. The predicted octanol–water partition coefficient (Wildman–Crippen LogP) is 4.88. The first-order chi connectivity index (χ1) is 13.2. The second-order valence-electron chi connectivity index (χ2n) is 5.85. The normalized spacial score (nSPS) is 12.3. The van der Waals surface area contributed by atoms with Crippen molar-refractivity contribution in [2.75, 3.05) is 14.2 Å². The summed E-state index contributed by atoms with van der Waals surface area (Å²) in [6.07, 6.45) is 3.82. The van der Waals surface area contributed by atoms with Gasteiger partial charge in [0.1, 0.15) is 5.75 Å². The summed E-state index contributed by atoms with van der Waals surface area (Å²) in [5, 5.41) is 7.90. The van der Waals surface area contributed by atoms with Gasteiger partial charge in [-0.15, -0.1) is 11.3 Å². The largest absolute Gasteiger partial charge is 0.497 e. The van der Waals surface area contributed by atoms with E-state index in [-0.39, 0.29) is 0 Å². The Morgan fingerprint density at radius 3 is 2.74 bits per heavy atom. The van der Waals surface area contributed by atoms with Crippen LogP contribution in [0.25, 0.3) is 22.2 Å². The third-order valence-electron chi connectivity index (χ3n) is 4.25. The first kappa shape index (κ1) is 17.8. The number of H-pyrrole nitrogens is 1. The number of hydrogen-bond acceptors (Lipinski definition) is 4. The number of thiazole rings is 1. The highest BCUT2D eigenvalue weighted by atomic mass is 79.9. The minimum Gasteiger partial charge on any atom is -0.497 e. The van der Waals surface area contributed by atoms with E-state index in [1.54, 1.807) is 25.5 Å². The Hall–Kier alpha value is -2.64. The van der Waals surface area contributed by atoms with Gasteiger partial charge in [-0.25, -0.2) is 4.68 Å². The molecular formula is C20H17BrN4OS. The van der Waals surface area contributed by atoms with Gasteiger partial charge in [0.25, 0.3) is 0 Å². The van der Waals surface area contributed by atoms with Crippen LogP contribution in [0.1, 0.15) is 5.56 Å². The van der Waals surface area contributed by atoms with Crippen molar-refractivity contribution in [1.29, 1.82) is 0 Å². The molecule has 0 saturated carbocycles. The van der Waals surface area contributed by atoms with Gasteiger partial charge in [-0.3, -0.25) is 4.99 Å². The fourth-order valence-corrected chi connectivity index (χ4v) is 4.03. The molecule has 27 heavy (non-hydrogen) atoms. The highest BCUT2D eigenvalue weighted by Crippen LogP contribution is 2.24. The number of nitrogens with one attached hydrogen (secondary N) is 1. The fourth-order valence-electron chi connectivity index (χ4n) is 2.86. The molecule has 2 aromatic carbocycles. The maximum atomic E-state index is 5.25. The number of ether oxygens (including phenoxy) is 1. The molecule has 0 aliphatic heterocycles. The van der Waals surface area contributed by atoms with Crippen molar-refractivity contribution >= 4 is 44.4 Å². The molecule has 0 spiro atoms. The number of benzene rings is 2. The summed E-state index contributed by atoms with van der Waals surface area (Å²) in [5.41, 5.74) is 4.14. The van der Waals surface area contributed by atoms with Crippen LogP contribution in [0, 0.1) is 0 Å². The zero-order valence-corrected chi connectivity index (χ0v) is 17.2. The quantitative estimate of drug-likeness (QED) is 0.451. The van der Waals surface area contributed by atoms with E-state index >= 15 is 0 Å². The van der Waals surface area contributed by atoms with Crippen LogP contribution in [0.15, 0.2) is 68.6 Å². The zero-order chi connectivity index (χ0) is 18.8. The van der Waals surface area contributed by atoms with E-state index in [1.807, 2.05) is 53.5 Å². The van der Waals surface area contributed by atoms with Crippen LogP contribution in [0.5, 0.6) is 5.75 Å². The lowest BCUT2D eigenvalue weighted by molar-refractivity contribution is 0.415. The topological polar surface area (TPSA) is 54.7 Å². The molecule has 0 bridgehead atoms. The molecule has 0 aliphatic rings. The lowest BCUT2D eigenvalue weighted by atomic mass is 10.2. The van der Waals surface area contributed by atoms with E-state index in [0.29, 0.717) is 0 Å². The summed E-state index contributed by atoms with van der Waals surface area (Å²) in [6, 6.07) is 14.1. The Morgan fingerprint density at radius 1 is 1.19 bits per heavy atom. The molecule has 2 heterocycles. The molecule has 4 rings (SSSR count). The van der Waals surface area contributed by atoms with Gasteiger partial charge < -0.3 is 9.72 Å². The maximum absolute atomic E-state index is 5.25. The van der Waals surface area contributed by atoms with E-state index in [1.165, 1.54) is 0 Å². The summed E-state index contributed by atoms with van der Waals surface area (Å²) in [7, 11) is 3.44. The third kappa shape index (κ3) is 3.48. The molecule has 0 amide bonds. The maximum Gasteiger partial charge on any atom is 0.205 e. The van der Waals surface area contributed by atoms with E-state index < -0.39 is 0 Å². The standard InChI is InChI=1S/C20H17BrN4OS/c1-22-20-25(19(12-27-20)13-3-6-16(26-2)7-4-13)24-11-14-10-23-18-8-5-15(21)9-17(14)18/h3-12,23H,1-2H3. The summed E-state index contributed by atoms with van der Waals surface area (Å²) in [6.45, 7) is 0. The Kier molecular flexibility index (Phi) is 4.96. The van der Waals surface area contributed by atoms with Crippen LogP contribution in [-0.4, -0.2) is 30.0 Å². The molecule has 5 nitrogen and oxygen atoms in total. The second kappa shape index (κ2) is 7.54. The summed E-state index contributed by atoms with van der Waals surface area (Å²) in [5.74, 6) is 0.828. The average Bonchev–Trinajstić information content (AvgIpc) is 3.29. The molecule has 0 fully saturated rings. The van der Waals surface area contributed by atoms with Crippen molar-refractivity contribution in [2.24, 2.45) is 10.1 Å². The number of hydrogen-bond donors (Lipinski definition) is 1. The summed E-state index contributed by atoms with van der Waals surface area (Å²) in [4.78, 5) is 8.46. The Bertz CT molecular complexity index is 1180. The van der Waals surface area contributed by atoms with Crippen LogP contribution in [0.4, 0.5) is 0 Å². The minimum absolute atomic E-state index is 0.828. The van der Waals surface area contributed by atoms with Crippen molar-refractivity contribution < 1.29 is 4.74 Å². The second-order valence-corrected chi connectivity index (χ2v) is 7.60. The number of nitrogens with zero attached hydrogens (tertiary/aromatic N) is 3. The van der Waals surface area contributed by atoms with E-state index in [9.17, 15) is 0 Å². The molecule has 136 valence electrons. The van der Waals surface area contributed by atoms with Gasteiger partial charge >= 0.3 is 0 Å². The Balaban J connectivity index is 1.77. The minimum atomic E-state index is 0.828. The van der Waals surface area contributed by atoms with Crippen LogP contribution in [-0.2, 0) is 0 Å². The van der Waals surface area contributed by atoms with Crippen molar-refractivity contribution in [1.82, 2.24) is 9.66 Å². The van der Waals surface area contributed by atoms with Gasteiger partial charge in [0, 0.05) is 45.1 Å². The molecule has 1 N–H and O–H groups in total. The smallest absolute Gasteiger partial charge is 0.205 e. The molecule has 0 saturated heterocycles. The average molecular weight is 441 g/mol. The highest BCUT2D eigenvalue weighted by Gasteiger charge is 2.08. The molecule has 4 aromatic rings. The molecule has 0 radical (unpaired) electrons. The van der Waals surface area contributed by atoms with Crippen LogP contribution < -0.4 is 9.54 Å². The van der Waals surface area contributed by atoms with Crippen LogP contribution in [0.3, 0.4) is 0 Å². The highest BCUT2D eigenvalue weighted by molar-refractivity contribution is 9.10. The van der Waals surface area contributed by atoms with Crippen molar-refractivity contribution in [3.05, 3.63) is 68.9 Å². The van der Waals surface area contributed by atoms with Crippen molar-refractivity contribution in [2.45, 2.75) is 0 Å². The molecule has 0 unspecified atom stereocenters. The molecular weight excluding hydrogens is 424 g/mol. The van der Waals surface area contributed by atoms with Crippen molar-refractivity contribution in [3.8, 4) is 17.0 Å². The Morgan fingerprint density at radius 2 is 2.00 bits per heavy atom. The van der Waals surface area contributed by atoms with Gasteiger partial charge in [-0.2, -0.15) is 5.10 Å². The van der Waals surface area contributed by atoms with Gasteiger partial charge in [0.2, 0.25) is 4.80 Å². The number of fused-ring (bicyclic) bond motifs is 1. The zero-order valence-electron chi connectivity index (χ0n) is 14.8. The first-order valence-corrected chi connectivity index (χ1v) is 9.95.